The molecule has 1 N–H and O–H groups in total. The van der Waals surface area contributed by atoms with Crippen LogP contribution in [-0.2, 0) is 6.54 Å². The number of hydrogen-bond donors (Lipinski definition) is 1. The van der Waals surface area contributed by atoms with Crippen molar-refractivity contribution in [2.45, 2.75) is 19.4 Å². The van der Waals surface area contributed by atoms with Gasteiger partial charge in [0.1, 0.15) is 0 Å². The van der Waals surface area contributed by atoms with E-state index in [-0.39, 0.29) is 11.9 Å². The molecule has 1 atom stereocenters. The molecule has 1 aliphatic heterocycles. The lowest BCUT2D eigenvalue weighted by atomic mass is 9.94. The second kappa shape index (κ2) is 2.83. The third-order valence-corrected chi connectivity index (χ3v) is 2.29. The van der Waals surface area contributed by atoms with Gasteiger partial charge in [-0.25, -0.2) is 4.98 Å². The Morgan fingerprint density at radius 3 is 3.25 bits per heavy atom. The highest BCUT2D eigenvalue weighted by molar-refractivity contribution is 5.30. The van der Waals surface area contributed by atoms with Crippen LogP contribution in [0.4, 0.5) is 4.39 Å². The first kappa shape index (κ1) is 7.68. The minimum Gasteiger partial charge on any atom is -0.312 e. The molecule has 2 rings (SSSR count). The number of halogens is 1. The summed E-state index contributed by atoms with van der Waals surface area (Å²) in [5.41, 5.74) is 1.83. The molecule has 0 aromatic carbocycles. The molecule has 0 spiro atoms. The van der Waals surface area contributed by atoms with Crippen molar-refractivity contribution in [1.29, 1.82) is 0 Å². The minimum atomic E-state index is -0.304. The summed E-state index contributed by atoms with van der Waals surface area (Å²) in [6.45, 7) is 3.62. The van der Waals surface area contributed by atoms with Crippen LogP contribution < -0.4 is 5.32 Å². The Kier molecular flexibility index (Phi) is 1.81. The van der Waals surface area contributed by atoms with Gasteiger partial charge in [0.15, 0.2) is 0 Å². The zero-order valence-electron chi connectivity index (χ0n) is 6.97. The third kappa shape index (κ3) is 1.10. The third-order valence-electron chi connectivity index (χ3n) is 2.29. The van der Waals surface area contributed by atoms with E-state index in [9.17, 15) is 4.39 Å². The van der Waals surface area contributed by atoms with E-state index in [4.69, 9.17) is 0 Å². The first-order valence-corrected chi connectivity index (χ1v) is 4.13. The van der Waals surface area contributed by atoms with Crippen LogP contribution in [0.1, 0.15) is 24.0 Å². The van der Waals surface area contributed by atoms with Crippen molar-refractivity contribution in [2.24, 2.45) is 0 Å². The van der Waals surface area contributed by atoms with E-state index in [1.165, 1.54) is 6.20 Å². The molecule has 1 aliphatic rings. The Labute approximate surface area is 70.8 Å². The maximum atomic E-state index is 13.2. The van der Waals surface area contributed by atoms with E-state index < -0.39 is 0 Å². The number of aromatic nitrogens is 1. The van der Waals surface area contributed by atoms with Crippen molar-refractivity contribution in [3.8, 4) is 0 Å². The smallest absolute Gasteiger partial charge is 0.216 e. The van der Waals surface area contributed by atoms with E-state index in [2.05, 4.69) is 10.3 Å². The lowest BCUT2D eigenvalue weighted by Gasteiger charge is -2.22. The summed E-state index contributed by atoms with van der Waals surface area (Å²) < 4.78 is 13.2. The van der Waals surface area contributed by atoms with Gasteiger partial charge in [-0.05, 0) is 17.5 Å². The highest BCUT2D eigenvalue weighted by Crippen LogP contribution is 2.24. The lowest BCUT2D eigenvalue weighted by Crippen LogP contribution is -2.27. The number of hydrogen-bond acceptors (Lipinski definition) is 2. The summed E-state index contributed by atoms with van der Waals surface area (Å²) in [4.78, 5) is 3.65. The highest BCUT2D eigenvalue weighted by Gasteiger charge is 2.19. The number of nitrogens with one attached hydrogen (secondary N) is 1. The topological polar surface area (TPSA) is 24.9 Å². The van der Waals surface area contributed by atoms with E-state index in [1.807, 2.05) is 13.0 Å². The van der Waals surface area contributed by atoms with E-state index in [0.717, 1.165) is 24.2 Å². The van der Waals surface area contributed by atoms with Crippen LogP contribution in [0.5, 0.6) is 0 Å². The minimum absolute atomic E-state index is 0.238. The fraction of sp³-hybridized carbons (Fsp3) is 0.444. The molecule has 1 unspecified atom stereocenters. The summed E-state index contributed by atoms with van der Waals surface area (Å²) >= 11 is 0. The van der Waals surface area contributed by atoms with E-state index in [1.54, 1.807) is 0 Å². The van der Waals surface area contributed by atoms with Crippen LogP contribution in [0.15, 0.2) is 12.3 Å². The predicted octanol–water partition coefficient (Wildman–Crippen LogP) is 1.43. The molecule has 2 nitrogen and oxygen atoms in total. The Bertz CT molecular complexity index is 299. The molecule has 3 heteroatoms. The van der Waals surface area contributed by atoms with Gasteiger partial charge in [-0.2, -0.15) is 4.39 Å². The number of rotatable bonds is 0. The summed E-state index contributed by atoms with van der Waals surface area (Å²) in [5, 5.41) is 3.22. The van der Waals surface area contributed by atoms with Crippen molar-refractivity contribution < 1.29 is 4.39 Å². The lowest BCUT2D eigenvalue weighted by molar-refractivity contribution is 0.501. The molecule has 64 valence electrons. The van der Waals surface area contributed by atoms with Crippen molar-refractivity contribution in [3.63, 3.8) is 0 Å². The molecule has 0 saturated heterocycles. The maximum Gasteiger partial charge on any atom is 0.216 e. The number of nitrogens with zero attached hydrogens (tertiary/aromatic N) is 1. The van der Waals surface area contributed by atoms with Gasteiger partial charge in [-0.3, -0.25) is 0 Å². The molecule has 1 aromatic heterocycles. The van der Waals surface area contributed by atoms with Crippen LogP contribution in [-0.4, -0.2) is 11.5 Å². The van der Waals surface area contributed by atoms with Crippen LogP contribution in [0, 0.1) is 5.95 Å². The maximum absolute atomic E-state index is 13.2. The molecule has 0 fully saturated rings. The average molecular weight is 166 g/mol. The van der Waals surface area contributed by atoms with Crippen LogP contribution in [0.3, 0.4) is 0 Å². The quantitative estimate of drug-likeness (QED) is 0.590. The summed E-state index contributed by atoms with van der Waals surface area (Å²) in [6, 6.07) is 1.88. The van der Waals surface area contributed by atoms with E-state index >= 15 is 0 Å². The largest absolute Gasteiger partial charge is 0.312 e. The fourth-order valence-corrected chi connectivity index (χ4v) is 1.68. The highest BCUT2D eigenvalue weighted by atomic mass is 19.1. The molecule has 0 aliphatic carbocycles. The molecule has 0 radical (unpaired) electrons. The van der Waals surface area contributed by atoms with Gasteiger partial charge in [0.2, 0.25) is 5.95 Å². The standard InChI is InChI=1S/C9H11FN2/c1-6-4-11-5-7-2-3-12-9(10)8(6)7/h2-3,6,11H,4-5H2,1H3. The van der Waals surface area contributed by atoms with Gasteiger partial charge in [0.05, 0.1) is 0 Å². The SMILES string of the molecule is CC1CNCc2ccnc(F)c21. The number of fused-ring (bicyclic) bond motifs is 1. The molecular weight excluding hydrogens is 155 g/mol. The molecule has 0 bridgehead atoms. The second-order valence-electron chi connectivity index (χ2n) is 3.21. The Morgan fingerprint density at radius 2 is 2.50 bits per heavy atom. The summed E-state index contributed by atoms with van der Waals surface area (Å²) in [6.07, 6.45) is 1.52. The van der Waals surface area contributed by atoms with Gasteiger partial charge in [-0.15, -0.1) is 0 Å². The van der Waals surface area contributed by atoms with E-state index in [0.29, 0.717) is 0 Å². The zero-order valence-corrected chi connectivity index (χ0v) is 6.97. The van der Waals surface area contributed by atoms with Gasteiger partial charge in [0, 0.05) is 24.8 Å². The molecule has 12 heavy (non-hydrogen) atoms. The molecule has 0 amide bonds. The van der Waals surface area contributed by atoms with Crippen molar-refractivity contribution in [1.82, 2.24) is 10.3 Å². The van der Waals surface area contributed by atoms with Gasteiger partial charge in [0.25, 0.3) is 0 Å². The van der Waals surface area contributed by atoms with Crippen LogP contribution in [0.25, 0.3) is 0 Å². The van der Waals surface area contributed by atoms with Gasteiger partial charge in [-0.1, -0.05) is 6.92 Å². The predicted molar refractivity (Wildman–Crippen MR) is 44.3 cm³/mol. The zero-order chi connectivity index (χ0) is 8.55. The fourth-order valence-electron chi connectivity index (χ4n) is 1.68. The molecule has 0 saturated carbocycles. The van der Waals surface area contributed by atoms with Gasteiger partial charge >= 0.3 is 0 Å². The van der Waals surface area contributed by atoms with Gasteiger partial charge < -0.3 is 5.32 Å². The first-order valence-electron chi connectivity index (χ1n) is 4.13. The Balaban J connectivity index is 2.53. The van der Waals surface area contributed by atoms with Crippen molar-refractivity contribution >= 4 is 0 Å². The summed E-state index contributed by atoms with van der Waals surface area (Å²) in [7, 11) is 0. The molecule has 1 aromatic rings. The average Bonchev–Trinajstić information content (AvgIpc) is 2.04. The molecular formula is C9H11FN2. The van der Waals surface area contributed by atoms with Crippen LogP contribution >= 0.6 is 0 Å². The second-order valence-corrected chi connectivity index (χ2v) is 3.21. The van der Waals surface area contributed by atoms with Crippen molar-refractivity contribution in [3.05, 3.63) is 29.3 Å². The Hall–Kier alpha value is -0.960. The van der Waals surface area contributed by atoms with Crippen LogP contribution in [0.2, 0.25) is 0 Å². The van der Waals surface area contributed by atoms with Crippen molar-refractivity contribution in [2.75, 3.05) is 6.54 Å². The normalized spacial score (nSPS) is 22.0. The first-order chi connectivity index (χ1) is 5.79. The molecule has 2 heterocycles. The Morgan fingerprint density at radius 1 is 1.67 bits per heavy atom. The summed E-state index contributed by atoms with van der Waals surface area (Å²) in [5.74, 6) is -0.0658. The monoisotopic (exact) mass is 166 g/mol. The number of pyridine rings is 1.